The van der Waals surface area contributed by atoms with Crippen LogP contribution in [0, 0.1) is 6.92 Å². The number of rotatable bonds is 7. The van der Waals surface area contributed by atoms with Crippen molar-refractivity contribution in [3.05, 3.63) is 29.3 Å². The average molecular weight is 482 g/mol. The predicted molar refractivity (Wildman–Crippen MR) is 118 cm³/mol. The Hall–Kier alpha value is -1.03. The Morgan fingerprint density at radius 3 is 2.48 bits per heavy atom. The summed E-state index contributed by atoms with van der Waals surface area (Å²) in [7, 11) is 2.82. The van der Waals surface area contributed by atoms with Gasteiger partial charge >= 0.3 is 0 Å². The molecule has 1 rings (SSSR count). The second-order valence-corrected chi connectivity index (χ2v) is 8.68. The lowest BCUT2D eigenvalue weighted by Gasteiger charge is -2.21. The number of anilines is 1. The maximum absolute atomic E-state index is 11.3. The lowest BCUT2D eigenvalue weighted by molar-refractivity contribution is 0.581. The molecule has 0 saturated carbocycles. The second-order valence-electron chi connectivity index (χ2n) is 6.42. The highest BCUT2D eigenvalue weighted by Crippen LogP contribution is 2.20. The molecule has 0 saturated heterocycles. The summed E-state index contributed by atoms with van der Waals surface area (Å²) in [6.07, 6.45) is 1.81. The fraction of sp³-hybridized carbons (Fsp3) is 0.588. The molecule has 1 aromatic carbocycles. The van der Waals surface area contributed by atoms with E-state index in [9.17, 15) is 8.42 Å². The molecule has 0 spiro atoms. The Balaban J connectivity index is 0.00000576. The summed E-state index contributed by atoms with van der Waals surface area (Å²) in [4.78, 5) is 6.30. The van der Waals surface area contributed by atoms with Crippen molar-refractivity contribution in [3.63, 3.8) is 0 Å². The number of guanidine groups is 1. The molecule has 0 heterocycles. The Morgan fingerprint density at radius 2 is 1.96 bits per heavy atom. The molecule has 0 bridgehead atoms. The molecule has 0 radical (unpaired) electrons. The van der Waals surface area contributed by atoms with Crippen molar-refractivity contribution in [3.8, 4) is 0 Å². The molecule has 0 amide bonds. The first-order valence-corrected chi connectivity index (χ1v) is 10.1. The zero-order valence-electron chi connectivity index (χ0n) is 16.0. The third kappa shape index (κ3) is 9.29. The van der Waals surface area contributed by atoms with Crippen LogP contribution < -0.4 is 15.5 Å². The molecule has 0 aromatic heterocycles. The molecule has 1 aromatic rings. The highest BCUT2D eigenvalue weighted by atomic mass is 127. The molecule has 144 valence electrons. The fourth-order valence-corrected chi connectivity index (χ4v) is 3.09. The van der Waals surface area contributed by atoms with Crippen LogP contribution in [0.25, 0.3) is 0 Å². The van der Waals surface area contributed by atoms with Crippen molar-refractivity contribution in [1.29, 1.82) is 0 Å². The van der Waals surface area contributed by atoms with E-state index < -0.39 is 9.84 Å². The normalized spacial score (nSPS) is 13.0. The minimum absolute atomic E-state index is 0. The van der Waals surface area contributed by atoms with Gasteiger partial charge in [-0.1, -0.05) is 12.1 Å². The number of benzene rings is 1. The number of halogens is 1. The van der Waals surface area contributed by atoms with Crippen LogP contribution in [0.15, 0.2) is 23.2 Å². The van der Waals surface area contributed by atoms with E-state index in [2.05, 4.69) is 45.6 Å². The zero-order chi connectivity index (χ0) is 18.3. The van der Waals surface area contributed by atoms with Crippen LogP contribution in [0.5, 0.6) is 0 Å². The van der Waals surface area contributed by atoms with E-state index in [4.69, 9.17) is 0 Å². The minimum atomic E-state index is -2.94. The minimum Gasteiger partial charge on any atom is -0.377 e. The van der Waals surface area contributed by atoms with Crippen LogP contribution in [-0.4, -0.2) is 53.6 Å². The summed E-state index contributed by atoms with van der Waals surface area (Å²) in [5, 5.41) is 6.52. The molecular weight excluding hydrogens is 451 g/mol. The number of nitrogens with zero attached hydrogens (tertiary/aromatic N) is 2. The van der Waals surface area contributed by atoms with Gasteiger partial charge in [0.25, 0.3) is 0 Å². The molecule has 1 unspecified atom stereocenters. The summed E-state index contributed by atoms with van der Waals surface area (Å²) in [6.45, 7) is 4.68. The molecule has 0 aliphatic heterocycles. The quantitative estimate of drug-likeness (QED) is 0.354. The SMILES string of the molecule is CN=C(NCc1ccc(C)cc1N(C)C)NC(C)CCS(C)(=O)=O.I. The summed E-state index contributed by atoms with van der Waals surface area (Å²) in [5.41, 5.74) is 3.57. The van der Waals surface area contributed by atoms with Gasteiger partial charge in [-0.25, -0.2) is 8.42 Å². The van der Waals surface area contributed by atoms with Crippen LogP contribution in [-0.2, 0) is 16.4 Å². The summed E-state index contributed by atoms with van der Waals surface area (Å²) in [5.74, 6) is 0.835. The molecule has 1 atom stereocenters. The Bertz CT molecular complexity index is 675. The predicted octanol–water partition coefficient (Wildman–Crippen LogP) is 2.17. The smallest absolute Gasteiger partial charge is 0.191 e. The number of nitrogens with one attached hydrogen (secondary N) is 2. The Morgan fingerprint density at radius 1 is 1.32 bits per heavy atom. The number of aryl methyl sites for hydroxylation is 1. The molecule has 0 aliphatic rings. The molecule has 25 heavy (non-hydrogen) atoms. The van der Waals surface area contributed by atoms with Gasteiger partial charge in [0.2, 0.25) is 0 Å². The van der Waals surface area contributed by atoms with Crippen LogP contribution in [0.3, 0.4) is 0 Å². The van der Waals surface area contributed by atoms with Gasteiger partial charge in [-0.3, -0.25) is 4.99 Å². The van der Waals surface area contributed by atoms with Crippen molar-refractivity contribution < 1.29 is 8.42 Å². The molecule has 8 heteroatoms. The van der Waals surface area contributed by atoms with Crippen molar-refractivity contribution in [2.45, 2.75) is 32.9 Å². The Labute approximate surface area is 169 Å². The average Bonchev–Trinajstić information content (AvgIpc) is 2.49. The topological polar surface area (TPSA) is 73.8 Å². The summed E-state index contributed by atoms with van der Waals surface area (Å²) in [6, 6.07) is 6.38. The van der Waals surface area contributed by atoms with E-state index >= 15 is 0 Å². The number of hydrogen-bond acceptors (Lipinski definition) is 4. The maximum atomic E-state index is 11.3. The first kappa shape index (κ1) is 24.0. The fourth-order valence-electron chi connectivity index (χ4n) is 2.31. The van der Waals surface area contributed by atoms with E-state index in [-0.39, 0.29) is 35.8 Å². The standard InChI is InChI=1S/C17H30N4O2S.HI/c1-13-7-8-15(16(11-13)21(4)5)12-19-17(18-3)20-14(2)9-10-24(6,22)23;/h7-8,11,14H,9-10,12H2,1-6H3,(H2,18,19,20);1H. The van der Waals surface area contributed by atoms with E-state index in [0.29, 0.717) is 18.9 Å². The number of sulfone groups is 1. The van der Waals surface area contributed by atoms with Crippen molar-refractivity contribution >= 4 is 45.5 Å². The van der Waals surface area contributed by atoms with Gasteiger partial charge in [-0.15, -0.1) is 24.0 Å². The molecule has 0 fully saturated rings. The van der Waals surface area contributed by atoms with Gasteiger partial charge in [-0.05, 0) is 37.5 Å². The summed E-state index contributed by atoms with van der Waals surface area (Å²) < 4.78 is 22.5. The molecule has 0 aliphatic carbocycles. The van der Waals surface area contributed by atoms with E-state index in [1.165, 1.54) is 23.1 Å². The van der Waals surface area contributed by atoms with Crippen LogP contribution >= 0.6 is 24.0 Å². The van der Waals surface area contributed by atoms with Crippen molar-refractivity contribution in [2.24, 2.45) is 4.99 Å². The lowest BCUT2D eigenvalue weighted by Crippen LogP contribution is -2.42. The van der Waals surface area contributed by atoms with Crippen molar-refractivity contribution in [1.82, 2.24) is 10.6 Å². The van der Waals surface area contributed by atoms with Crippen LogP contribution in [0.1, 0.15) is 24.5 Å². The van der Waals surface area contributed by atoms with Gasteiger partial charge in [0, 0.05) is 45.7 Å². The van der Waals surface area contributed by atoms with Gasteiger partial charge in [0.1, 0.15) is 9.84 Å². The van der Waals surface area contributed by atoms with Crippen LogP contribution in [0.2, 0.25) is 0 Å². The van der Waals surface area contributed by atoms with E-state index in [1.54, 1.807) is 7.05 Å². The monoisotopic (exact) mass is 482 g/mol. The maximum Gasteiger partial charge on any atom is 0.191 e. The summed E-state index contributed by atoms with van der Waals surface area (Å²) >= 11 is 0. The lowest BCUT2D eigenvalue weighted by atomic mass is 10.1. The molecular formula is C17H31IN4O2S. The van der Waals surface area contributed by atoms with Gasteiger partial charge < -0.3 is 15.5 Å². The van der Waals surface area contributed by atoms with E-state index in [0.717, 1.165) is 0 Å². The highest BCUT2D eigenvalue weighted by molar-refractivity contribution is 14.0. The largest absolute Gasteiger partial charge is 0.377 e. The highest BCUT2D eigenvalue weighted by Gasteiger charge is 2.10. The third-order valence-electron chi connectivity index (χ3n) is 3.70. The number of hydrogen-bond donors (Lipinski definition) is 2. The van der Waals surface area contributed by atoms with Gasteiger partial charge in [-0.2, -0.15) is 0 Å². The van der Waals surface area contributed by atoms with Crippen LogP contribution in [0.4, 0.5) is 5.69 Å². The van der Waals surface area contributed by atoms with Gasteiger partial charge in [0.15, 0.2) is 5.96 Å². The molecule has 6 nitrogen and oxygen atoms in total. The van der Waals surface area contributed by atoms with Gasteiger partial charge in [0.05, 0.1) is 5.75 Å². The third-order valence-corrected chi connectivity index (χ3v) is 4.67. The Kier molecular flexibility index (Phi) is 10.4. The van der Waals surface area contributed by atoms with E-state index in [1.807, 2.05) is 21.0 Å². The molecule has 2 N–H and O–H groups in total. The first-order valence-electron chi connectivity index (χ1n) is 8.04. The number of aliphatic imine (C=N–C) groups is 1. The van der Waals surface area contributed by atoms with Crippen molar-refractivity contribution in [2.75, 3.05) is 38.1 Å². The first-order chi connectivity index (χ1) is 11.1. The second kappa shape index (κ2) is 10.8. The zero-order valence-corrected chi connectivity index (χ0v) is 19.1.